The number of rotatable bonds is 13. The molecule has 1 saturated heterocycles. The number of aliphatic hydroxyl groups is 1. The molecule has 1 amide bonds. The van der Waals surface area contributed by atoms with Gasteiger partial charge < -0.3 is 19.9 Å². The smallest absolute Gasteiger partial charge is 0.348 e. The van der Waals surface area contributed by atoms with Crippen molar-refractivity contribution >= 4 is 23.2 Å². The third kappa shape index (κ3) is 8.44. The zero-order chi connectivity index (χ0) is 21.2. The second-order valence-electron chi connectivity index (χ2n) is 8.01. The van der Waals surface area contributed by atoms with E-state index in [1.54, 1.807) is 6.07 Å². The molecule has 6 nitrogen and oxygen atoms in total. The number of hydrogen-bond donors (Lipinski definition) is 2. The van der Waals surface area contributed by atoms with Crippen LogP contribution in [0.2, 0.25) is 0 Å². The van der Waals surface area contributed by atoms with Crippen LogP contribution in [0.1, 0.15) is 92.8 Å². The monoisotopic (exact) mass is 425 g/mol. The molecule has 0 aromatic carbocycles. The molecule has 0 spiro atoms. The first-order valence-corrected chi connectivity index (χ1v) is 11.6. The highest BCUT2D eigenvalue weighted by molar-refractivity contribution is 7.14. The molecule has 2 N–H and O–H groups in total. The number of carbonyl (C=O) groups is 2. The summed E-state index contributed by atoms with van der Waals surface area (Å²) in [4.78, 5) is 25.1. The zero-order valence-electron chi connectivity index (χ0n) is 17.8. The lowest BCUT2D eigenvalue weighted by Gasteiger charge is -2.21. The molecule has 2 rings (SSSR count). The number of hydrogen-bond acceptors (Lipinski definition) is 6. The van der Waals surface area contributed by atoms with Gasteiger partial charge in [0.2, 0.25) is 5.91 Å². The topological polar surface area (TPSA) is 84.9 Å². The Bertz CT molecular complexity index is 645. The summed E-state index contributed by atoms with van der Waals surface area (Å²) in [5, 5.41) is 13.2. The van der Waals surface area contributed by atoms with Gasteiger partial charge >= 0.3 is 5.97 Å². The van der Waals surface area contributed by atoms with E-state index >= 15 is 0 Å². The normalized spacial score (nSPS) is 18.7. The lowest BCUT2D eigenvalue weighted by molar-refractivity contribution is -0.119. The summed E-state index contributed by atoms with van der Waals surface area (Å²) >= 11 is 1.38. The molecule has 1 aromatic rings. The Kier molecular flexibility index (Phi) is 10.1. The van der Waals surface area contributed by atoms with Gasteiger partial charge in [0.05, 0.1) is 31.0 Å². The first-order valence-electron chi connectivity index (χ1n) is 10.8. The van der Waals surface area contributed by atoms with Crippen molar-refractivity contribution in [3.8, 4) is 0 Å². The summed E-state index contributed by atoms with van der Waals surface area (Å²) in [6.07, 6.45) is 6.02. The molecule has 1 fully saturated rings. The van der Waals surface area contributed by atoms with E-state index in [1.165, 1.54) is 11.3 Å². The minimum Gasteiger partial charge on any atom is -0.459 e. The lowest BCUT2D eigenvalue weighted by atomic mass is 10.0. The fraction of sp³-hybridized carbons (Fsp3) is 0.727. The third-order valence-corrected chi connectivity index (χ3v) is 6.13. The highest BCUT2D eigenvalue weighted by Gasteiger charge is 2.24. The standard InChI is InChI=1S/C22H35NO5S/c1-4-5-6-7-17(24)9-10-18(27-14-16-8-13-21(25)23-16)19-11-12-20(29-19)22(26)28-15(2)3/h11-12,15-18,24H,4-10,13-14H2,1-3H3,(H,23,25)/t16-,17+,18?/m1/s1. The number of thiophene rings is 1. The van der Waals surface area contributed by atoms with E-state index in [4.69, 9.17) is 9.47 Å². The van der Waals surface area contributed by atoms with Gasteiger partial charge in [0.25, 0.3) is 0 Å². The maximum atomic E-state index is 12.2. The minimum atomic E-state index is -0.343. The van der Waals surface area contributed by atoms with Crippen LogP contribution >= 0.6 is 11.3 Å². The number of aliphatic hydroxyl groups excluding tert-OH is 1. The Hall–Kier alpha value is -1.44. The second-order valence-corrected chi connectivity index (χ2v) is 9.12. The third-order valence-electron chi connectivity index (χ3n) is 4.97. The first kappa shape index (κ1) is 23.8. The SMILES string of the molecule is CCCCC[C@H](O)CCC(OC[C@H]1CCC(=O)N1)c1ccc(C(=O)OC(C)C)s1. The summed E-state index contributed by atoms with van der Waals surface area (Å²) in [7, 11) is 0. The van der Waals surface area contributed by atoms with E-state index in [2.05, 4.69) is 12.2 Å². The Morgan fingerprint density at radius 3 is 2.72 bits per heavy atom. The second kappa shape index (κ2) is 12.3. The van der Waals surface area contributed by atoms with Gasteiger partial charge in [-0.05, 0) is 51.7 Å². The van der Waals surface area contributed by atoms with Crippen LogP contribution < -0.4 is 5.32 Å². The average Bonchev–Trinajstić information content (AvgIpc) is 3.31. The molecule has 1 aliphatic rings. The summed E-state index contributed by atoms with van der Waals surface area (Å²) in [5.41, 5.74) is 0. The van der Waals surface area contributed by atoms with Crippen molar-refractivity contribution in [1.82, 2.24) is 5.32 Å². The Labute approximate surface area is 178 Å². The number of carbonyl (C=O) groups excluding carboxylic acids is 2. The van der Waals surface area contributed by atoms with Crippen LogP contribution in [-0.2, 0) is 14.3 Å². The fourth-order valence-electron chi connectivity index (χ4n) is 3.37. The molecule has 0 bridgehead atoms. The van der Waals surface area contributed by atoms with Gasteiger partial charge in [0.1, 0.15) is 4.88 Å². The van der Waals surface area contributed by atoms with Crippen LogP contribution in [0, 0.1) is 0 Å². The number of amides is 1. The molecule has 164 valence electrons. The van der Waals surface area contributed by atoms with Gasteiger partial charge in [-0.3, -0.25) is 4.79 Å². The van der Waals surface area contributed by atoms with Gasteiger partial charge in [-0.2, -0.15) is 0 Å². The maximum absolute atomic E-state index is 12.2. The van der Waals surface area contributed by atoms with E-state index in [0.717, 1.165) is 37.0 Å². The molecule has 0 radical (unpaired) electrons. The van der Waals surface area contributed by atoms with Crippen LogP contribution in [0.4, 0.5) is 0 Å². The van der Waals surface area contributed by atoms with E-state index in [0.29, 0.717) is 30.7 Å². The number of esters is 1. The van der Waals surface area contributed by atoms with Crippen molar-refractivity contribution in [3.05, 3.63) is 21.9 Å². The molecule has 29 heavy (non-hydrogen) atoms. The van der Waals surface area contributed by atoms with Crippen LogP contribution in [0.3, 0.4) is 0 Å². The molecular weight excluding hydrogens is 390 g/mol. The highest BCUT2D eigenvalue weighted by atomic mass is 32.1. The van der Waals surface area contributed by atoms with Crippen molar-refractivity contribution in [2.75, 3.05) is 6.61 Å². The molecular formula is C22H35NO5S. The fourth-order valence-corrected chi connectivity index (χ4v) is 4.34. The van der Waals surface area contributed by atoms with Crippen LogP contribution in [-0.4, -0.2) is 41.8 Å². The lowest BCUT2D eigenvalue weighted by Crippen LogP contribution is -2.30. The molecule has 0 aliphatic carbocycles. The highest BCUT2D eigenvalue weighted by Crippen LogP contribution is 2.31. The maximum Gasteiger partial charge on any atom is 0.348 e. The largest absolute Gasteiger partial charge is 0.459 e. The van der Waals surface area contributed by atoms with Gasteiger partial charge in [0.15, 0.2) is 0 Å². The van der Waals surface area contributed by atoms with Gasteiger partial charge in [-0.15, -0.1) is 11.3 Å². The summed E-state index contributed by atoms with van der Waals surface area (Å²) in [5.74, 6) is -0.256. The number of unbranched alkanes of at least 4 members (excludes halogenated alkanes) is 2. The molecule has 1 unspecified atom stereocenters. The summed E-state index contributed by atoms with van der Waals surface area (Å²) < 4.78 is 11.4. The van der Waals surface area contributed by atoms with E-state index < -0.39 is 0 Å². The summed E-state index contributed by atoms with van der Waals surface area (Å²) in [6.45, 7) is 6.24. The predicted octanol–water partition coefficient (Wildman–Crippen LogP) is 4.37. The summed E-state index contributed by atoms with van der Waals surface area (Å²) in [6, 6.07) is 3.71. The van der Waals surface area contributed by atoms with Crippen LogP contribution in [0.25, 0.3) is 0 Å². The van der Waals surface area contributed by atoms with Crippen molar-refractivity contribution in [2.45, 2.75) is 96.5 Å². The van der Waals surface area contributed by atoms with E-state index in [-0.39, 0.29) is 36.2 Å². The molecule has 1 aliphatic heterocycles. The van der Waals surface area contributed by atoms with Crippen molar-refractivity contribution in [3.63, 3.8) is 0 Å². The van der Waals surface area contributed by atoms with E-state index in [9.17, 15) is 14.7 Å². The van der Waals surface area contributed by atoms with Crippen molar-refractivity contribution in [1.29, 1.82) is 0 Å². The van der Waals surface area contributed by atoms with Gasteiger partial charge in [-0.25, -0.2) is 4.79 Å². The quantitative estimate of drug-likeness (QED) is 0.362. The van der Waals surface area contributed by atoms with Crippen LogP contribution in [0.5, 0.6) is 0 Å². The Morgan fingerprint density at radius 1 is 1.28 bits per heavy atom. The van der Waals surface area contributed by atoms with Crippen molar-refractivity contribution in [2.24, 2.45) is 0 Å². The predicted molar refractivity (Wildman–Crippen MR) is 114 cm³/mol. The minimum absolute atomic E-state index is 0.0322. The van der Waals surface area contributed by atoms with Crippen LogP contribution in [0.15, 0.2) is 12.1 Å². The van der Waals surface area contributed by atoms with Gasteiger partial charge in [0, 0.05) is 11.3 Å². The molecule has 0 saturated carbocycles. The average molecular weight is 426 g/mol. The molecule has 2 heterocycles. The zero-order valence-corrected chi connectivity index (χ0v) is 18.6. The van der Waals surface area contributed by atoms with E-state index in [1.807, 2.05) is 19.9 Å². The Balaban J connectivity index is 1.96. The molecule has 7 heteroatoms. The Morgan fingerprint density at radius 2 is 2.07 bits per heavy atom. The molecule has 3 atom stereocenters. The first-order chi connectivity index (χ1) is 13.9. The van der Waals surface area contributed by atoms with Crippen molar-refractivity contribution < 1.29 is 24.2 Å². The number of ether oxygens (including phenoxy) is 2. The molecule has 1 aromatic heterocycles. The number of nitrogens with one attached hydrogen (secondary N) is 1. The van der Waals surface area contributed by atoms with Gasteiger partial charge in [-0.1, -0.05) is 26.2 Å².